The van der Waals surface area contributed by atoms with Crippen LogP contribution in [0.15, 0.2) is 134 Å². The highest BCUT2D eigenvalue weighted by atomic mass is 15.1. The van der Waals surface area contributed by atoms with Crippen molar-refractivity contribution in [2.24, 2.45) is 0 Å². The van der Waals surface area contributed by atoms with Crippen LogP contribution in [0.1, 0.15) is 49.7 Å². The fourth-order valence-corrected chi connectivity index (χ4v) is 7.18. The number of benzene rings is 4. The molecular weight excluding hydrogens is 560 g/mol. The van der Waals surface area contributed by atoms with Gasteiger partial charge in [-0.1, -0.05) is 84.9 Å². The Bertz CT molecular complexity index is 1730. The second kappa shape index (κ2) is 14.6. The van der Waals surface area contributed by atoms with Crippen LogP contribution in [0.2, 0.25) is 0 Å². The first kappa shape index (κ1) is 30.0. The molecule has 232 valence electrons. The van der Waals surface area contributed by atoms with E-state index in [-0.39, 0.29) is 0 Å². The lowest BCUT2D eigenvalue weighted by Crippen LogP contribution is -2.36. The molecule has 46 heavy (non-hydrogen) atoms. The molecule has 0 unspecified atom stereocenters. The zero-order valence-corrected chi connectivity index (χ0v) is 27.0. The molecule has 4 heteroatoms. The van der Waals surface area contributed by atoms with Crippen molar-refractivity contribution in [2.75, 3.05) is 22.9 Å². The summed E-state index contributed by atoms with van der Waals surface area (Å²) >= 11 is 0. The van der Waals surface area contributed by atoms with Crippen molar-refractivity contribution >= 4 is 33.2 Å². The van der Waals surface area contributed by atoms with E-state index in [2.05, 4.69) is 153 Å². The number of pyridine rings is 2. The first-order valence-corrected chi connectivity index (χ1v) is 17.2. The number of nitrogens with zero attached hydrogens (tertiary/aromatic N) is 4. The molecule has 1 aliphatic rings. The van der Waals surface area contributed by atoms with E-state index in [1.807, 2.05) is 0 Å². The van der Waals surface area contributed by atoms with Gasteiger partial charge < -0.3 is 9.80 Å². The molecule has 7 rings (SSSR count). The van der Waals surface area contributed by atoms with Crippen LogP contribution < -0.4 is 18.9 Å². The number of anilines is 2. The second-order valence-corrected chi connectivity index (χ2v) is 12.8. The summed E-state index contributed by atoms with van der Waals surface area (Å²) in [4.78, 5) is 5.23. The average molecular weight is 607 g/mol. The lowest BCUT2D eigenvalue weighted by Gasteiger charge is -2.27. The van der Waals surface area contributed by atoms with Gasteiger partial charge in [-0.3, -0.25) is 0 Å². The summed E-state index contributed by atoms with van der Waals surface area (Å²) in [6.07, 6.45) is 11.7. The standard InChI is InChI=1S/C42H46N4/c1-5-17-35(18-6-1)33-45-29-15-4-16-30-46(34-36-19-7-2-8-20-36)42-26-32-44(40-24-12-10-22-38(40)42)28-14-3-13-27-43-31-25-41(45)37-21-9-11-23-39(37)43/h1-2,5-12,17-26,31-32H,3-4,13-16,27-30,33-34H2/q+2. The summed E-state index contributed by atoms with van der Waals surface area (Å²) in [5.41, 5.74) is 8.08. The second-order valence-electron chi connectivity index (χ2n) is 12.8. The first-order valence-electron chi connectivity index (χ1n) is 17.2. The van der Waals surface area contributed by atoms with Gasteiger partial charge in [0.05, 0.1) is 22.1 Å². The van der Waals surface area contributed by atoms with E-state index in [0.29, 0.717) is 0 Å². The Morgan fingerprint density at radius 3 is 1.30 bits per heavy atom. The molecular formula is C42H46N4+2. The van der Waals surface area contributed by atoms with Gasteiger partial charge in [-0.15, -0.1) is 0 Å². The van der Waals surface area contributed by atoms with Gasteiger partial charge in [0, 0.05) is 63.3 Å². The van der Waals surface area contributed by atoms with Crippen LogP contribution in [0.5, 0.6) is 0 Å². The van der Waals surface area contributed by atoms with E-state index < -0.39 is 0 Å². The van der Waals surface area contributed by atoms with Crippen molar-refractivity contribution in [1.29, 1.82) is 0 Å². The third-order valence-corrected chi connectivity index (χ3v) is 9.57. The Morgan fingerprint density at radius 1 is 0.413 bits per heavy atom. The van der Waals surface area contributed by atoms with Gasteiger partial charge >= 0.3 is 0 Å². The molecule has 0 saturated carbocycles. The Balaban J connectivity index is 1.21. The quantitative estimate of drug-likeness (QED) is 0.187. The van der Waals surface area contributed by atoms with Crippen LogP contribution in [0.4, 0.5) is 11.4 Å². The van der Waals surface area contributed by atoms with Crippen LogP contribution in [0.25, 0.3) is 21.8 Å². The van der Waals surface area contributed by atoms with Crippen molar-refractivity contribution in [3.63, 3.8) is 0 Å². The van der Waals surface area contributed by atoms with Gasteiger partial charge in [-0.2, -0.15) is 9.13 Å². The first-order chi connectivity index (χ1) is 22.8. The highest BCUT2D eigenvalue weighted by Crippen LogP contribution is 2.29. The highest BCUT2D eigenvalue weighted by molar-refractivity contribution is 5.90. The molecule has 2 aromatic heterocycles. The minimum Gasteiger partial charge on any atom is -0.366 e. The number of hydrogen-bond acceptors (Lipinski definition) is 2. The predicted octanol–water partition coefficient (Wildman–Crippen LogP) is 8.64. The summed E-state index contributed by atoms with van der Waals surface area (Å²) in [6.45, 7) is 6.00. The predicted molar refractivity (Wildman–Crippen MR) is 191 cm³/mol. The maximum atomic E-state index is 2.62. The maximum absolute atomic E-state index is 2.62. The van der Waals surface area contributed by atoms with Gasteiger partial charge in [-0.25, -0.2) is 0 Å². The van der Waals surface area contributed by atoms with Crippen LogP contribution in [-0.2, 0) is 26.2 Å². The molecule has 0 fully saturated rings. The number of fused-ring (bicyclic) bond motifs is 12. The minimum absolute atomic E-state index is 0.922. The molecule has 0 atom stereocenters. The van der Waals surface area contributed by atoms with Crippen LogP contribution in [0, 0.1) is 0 Å². The summed E-state index contributed by atoms with van der Waals surface area (Å²) in [5, 5.41) is 2.71. The van der Waals surface area contributed by atoms with Gasteiger partial charge in [0.2, 0.25) is 11.0 Å². The van der Waals surface area contributed by atoms with Gasteiger partial charge in [0.15, 0.2) is 12.4 Å². The lowest BCUT2D eigenvalue weighted by atomic mass is 10.1. The van der Waals surface area contributed by atoms with E-state index in [4.69, 9.17) is 0 Å². The molecule has 6 aromatic rings. The summed E-state index contributed by atoms with van der Waals surface area (Å²) in [7, 11) is 0. The Morgan fingerprint density at radius 2 is 0.826 bits per heavy atom. The fourth-order valence-electron chi connectivity index (χ4n) is 7.18. The van der Waals surface area contributed by atoms with Crippen LogP contribution in [-0.4, -0.2) is 13.1 Å². The lowest BCUT2D eigenvalue weighted by molar-refractivity contribution is -0.675. The van der Waals surface area contributed by atoms with Gasteiger partial charge in [0.1, 0.15) is 13.1 Å². The third-order valence-electron chi connectivity index (χ3n) is 9.57. The number of aryl methyl sites for hydroxylation is 2. The number of para-hydroxylation sites is 2. The van der Waals surface area contributed by atoms with Crippen molar-refractivity contribution in [1.82, 2.24) is 0 Å². The molecule has 3 heterocycles. The molecule has 0 aliphatic carbocycles. The Labute approximate surface area is 274 Å². The van der Waals surface area contributed by atoms with E-state index in [1.165, 1.54) is 70.0 Å². The average Bonchev–Trinajstić information content (AvgIpc) is 3.11. The fraction of sp³-hybridized carbons (Fsp3) is 0.286. The van der Waals surface area contributed by atoms with Gasteiger partial charge in [-0.05, 0) is 48.9 Å². The number of hydrogen-bond donors (Lipinski definition) is 0. The zero-order valence-electron chi connectivity index (χ0n) is 27.0. The van der Waals surface area contributed by atoms with Crippen molar-refractivity contribution < 1.29 is 9.13 Å². The summed E-state index contributed by atoms with van der Waals surface area (Å²) < 4.78 is 4.94. The molecule has 4 bridgehead atoms. The molecule has 1 aliphatic heterocycles. The van der Waals surface area contributed by atoms with Crippen molar-refractivity contribution in [2.45, 2.75) is 64.7 Å². The van der Waals surface area contributed by atoms with Gasteiger partial charge in [0.25, 0.3) is 0 Å². The van der Waals surface area contributed by atoms with Crippen molar-refractivity contribution in [3.8, 4) is 0 Å². The summed E-state index contributed by atoms with van der Waals surface area (Å²) in [6, 6.07) is 44.7. The Kier molecular flexibility index (Phi) is 9.51. The number of rotatable bonds is 4. The van der Waals surface area contributed by atoms with Crippen LogP contribution >= 0.6 is 0 Å². The van der Waals surface area contributed by atoms with E-state index in [0.717, 1.165) is 52.1 Å². The molecule has 0 spiro atoms. The highest BCUT2D eigenvalue weighted by Gasteiger charge is 2.20. The monoisotopic (exact) mass is 606 g/mol. The summed E-state index contributed by atoms with van der Waals surface area (Å²) in [5.74, 6) is 0. The topological polar surface area (TPSA) is 14.2 Å². The normalized spacial score (nSPS) is 15.0. The SMILES string of the molecule is c1ccc(CN2CCCCCN(Cc3ccccc3)c3cc[n+](c4ccccc34)CCCCC[n+]3ccc2c2ccccc23)cc1. The molecule has 0 N–H and O–H groups in total. The molecule has 0 radical (unpaired) electrons. The molecule has 0 saturated heterocycles. The minimum atomic E-state index is 0.922. The van der Waals surface area contributed by atoms with E-state index in [1.54, 1.807) is 0 Å². The molecule has 0 amide bonds. The molecule has 4 nitrogen and oxygen atoms in total. The smallest absolute Gasteiger partial charge is 0.214 e. The third kappa shape index (κ3) is 6.92. The molecule has 4 aromatic carbocycles. The van der Waals surface area contributed by atoms with Crippen molar-refractivity contribution in [3.05, 3.63) is 145 Å². The number of aromatic nitrogens is 2. The Hall–Kier alpha value is -4.70. The zero-order chi connectivity index (χ0) is 31.0. The van der Waals surface area contributed by atoms with Crippen LogP contribution in [0.3, 0.4) is 0 Å². The maximum Gasteiger partial charge on any atom is 0.214 e. The van der Waals surface area contributed by atoms with E-state index in [9.17, 15) is 0 Å². The van der Waals surface area contributed by atoms with E-state index >= 15 is 0 Å². The largest absolute Gasteiger partial charge is 0.366 e.